The lowest BCUT2D eigenvalue weighted by Crippen LogP contribution is -2.25. The molecule has 3 rings (SSSR count). The Labute approximate surface area is 128 Å². The molecule has 2 bridgehead atoms. The third-order valence-electron chi connectivity index (χ3n) is 4.24. The van der Waals surface area contributed by atoms with Gasteiger partial charge < -0.3 is 10.1 Å². The highest BCUT2D eigenvalue weighted by Gasteiger charge is 2.39. The number of carbonyl (C=O) groups excluding carboxylic acids is 2. The van der Waals surface area contributed by atoms with Crippen molar-refractivity contribution in [3.8, 4) is 0 Å². The zero-order chi connectivity index (χ0) is 15.0. The summed E-state index contributed by atoms with van der Waals surface area (Å²) in [4.78, 5) is 24.7. The van der Waals surface area contributed by atoms with E-state index in [4.69, 9.17) is 4.74 Å². The van der Waals surface area contributed by atoms with Crippen molar-refractivity contribution in [2.24, 2.45) is 17.8 Å². The number of hydrogen-bond acceptors (Lipinski definition) is 4. The van der Waals surface area contributed by atoms with Crippen LogP contribution in [0.1, 0.15) is 35.0 Å². The van der Waals surface area contributed by atoms with Crippen LogP contribution in [-0.2, 0) is 9.53 Å². The molecule has 1 N–H and O–H groups in total. The van der Waals surface area contributed by atoms with Crippen LogP contribution in [0, 0.1) is 24.7 Å². The molecular weight excluding hydrogens is 286 g/mol. The van der Waals surface area contributed by atoms with Crippen LogP contribution < -0.4 is 5.32 Å². The lowest BCUT2D eigenvalue weighted by molar-refractivity contribution is -0.120. The quantitative estimate of drug-likeness (QED) is 0.685. The van der Waals surface area contributed by atoms with Gasteiger partial charge in [0, 0.05) is 5.92 Å². The van der Waals surface area contributed by atoms with Crippen LogP contribution in [0.15, 0.2) is 18.2 Å². The number of thiophene rings is 1. The standard InChI is InChI=1S/C16H19NO3S/c1-3-20-16(19)14-9(2)6-13(21-14)17-15(18)12-8-10-4-5-11(12)7-10/h4-6,10-12H,3,7-8H2,1-2H3,(H,17,18). The van der Waals surface area contributed by atoms with Crippen LogP contribution in [0.4, 0.5) is 5.00 Å². The molecule has 1 aromatic heterocycles. The molecule has 0 aliphatic heterocycles. The van der Waals surface area contributed by atoms with E-state index in [1.165, 1.54) is 11.3 Å². The van der Waals surface area contributed by atoms with Gasteiger partial charge in [-0.3, -0.25) is 4.79 Å². The zero-order valence-electron chi connectivity index (χ0n) is 12.2. The molecule has 3 atom stereocenters. The topological polar surface area (TPSA) is 55.4 Å². The highest BCUT2D eigenvalue weighted by molar-refractivity contribution is 7.18. The van der Waals surface area contributed by atoms with Gasteiger partial charge in [-0.15, -0.1) is 11.3 Å². The van der Waals surface area contributed by atoms with Gasteiger partial charge in [0.15, 0.2) is 0 Å². The first kappa shape index (κ1) is 14.3. The maximum atomic E-state index is 12.4. The number of rotatable bonds is 4. The predicted molar refractivity (Wildman–Crippen MR) is 82.5 cm³/mol. The monoisotopic (exact) mass is 305 g/mol. The van der Waals surface area contributed by atoms with Crippen molar-refractivity contribution in [1.29, 1.82) is 0 Å². The van der Waals surface area contributed by atoms with E-state index < -0.39 is 0 Å². The smallest absolute Gasteiger partial charge is 0.348 e. The molecule has 0 saturated heterocycles. The summed E-state index contributed by atoms with van der Waals surface area (Å²) >= 11 is 1.29. The SMILES string of the molecule is CCOC(=O)c1sc(NC(=O)C2CC3C=CC2C3)cc1C. The molecule has 3 unspecified atom stereocenters. The summed E-state index contributed by atoms with van der Waals surface area (Å²) < 4.78 is 5.02. The summed E-state index contributed by atoms with van der Waals surface area (Å²) in [7, 11) is 0. The average Bonchev–Trinajstić information content (AvgIpc) is 3.14. The van der Waals surface area contributed by atoms with Crippen LogP contribution in [0.5, 0.6) is 0 Å². The zero-order valence-corrected chi connectivity index (χ0v) is 13.0. The molecule has 1 heterocycles. The molecule has 5 heteroatoms. The van der Waals surface area contributed by atoms with Crippen molar-refractivity contribution in [2.75, 3.05) is 11.9 Å². The molecule has 1 saturated carbocycles. The van der Waals surface area contributed by atoms with Gasteiger partial charge in [0.25, 0.3) is 0 Å². The molecule has 21 heavy (non-hydrogen) atoms. The highest BCUT2D eigenvalue weighted by atomic mass is 32.1. The molecule has 0 spiro atoms. The molecule has 0 radical (unpaired) electrons. The van der Waals surface area contributed by atoms with Gasteiger partial charge in [-0.25, -0.2) is 4.79 Å². The van der Waals surface area contributed by atoms with Gasteiger partial charge >= 0.3 is 5.97 Å². The second kappa shape index (κ2) is 5.64. The van der Waals surface area contributed by atoms with Crippen molar-refractivity contribution in [3.63, 3.8) is 0 Å². The summed E-state index contributed by atoms with van der Waals surface area (Å²) in [6.07, 6.45) is 6.45. The molecule has 1 amide bonds. The van der Waals surface area contributed by atoms with Crippen LogP contribution >= 0.6 is 11.3 Å². The van der Waals surface area contributed by atoms with Crippen molar-refractivity contribution >= 4 is 28.2 Å². The van der Waals surface area contributed by atoms with Crippen LogP contribution in [0.3, 0.4) is 0 Å². The van der Waals surface area contributed by atoms with E-state index in [1.54, 1.807) is 6.92 Å². The van der Waals surface area contributed by atoms with Gasteiger partial charge in [0.05, 0.1) is 11.6 Å². The Balaban J connectivity index is 1.68. The summed E-state index contributed by atoms with van der Waals surface area (Å²) in [5, 5.41) is 3.69. The number of fused-ring (bicyclic) bond motifs is 2. The highest BCUT2D eigenvalue weighted by Crippen LogP contribution is 2.44. The minimum absolute atomic E-state index is 0.0727. The Morgan fingerprint density at radius 3 is 2.81 bits per heavy atom. The molecule has 112 valence electrons. The molecule has 0 aromatic carbocycles. The normalized spacial score (nSPS) is 26.1. The van der Waals surface area contributed by atoms with Crippen molar-refractivity contribution < 1.29 is 14.3 Å². The second-order valence-corrected chi connectivity index (χ2v) is 6.77. The van der Waals surface area contributed by atoms with E-state index in [2.05, 4.69) is 17.5 Å². The van der Waals surface area contributed by atoms with Crippen molar-refractivity contribution in [3.05, 3.63) is 28.7 Å². The van der Waals surface area contributed by atoms with E-state index in [0.717, 1.165) is 23.4 Å². The molecule has 2 aliphatic carbocycles. The maximum absolute atomic E-state index is 12.4. The van der Waals surface area contributed by atoms with Crippen LogP contribution in [0.25, 0.3) is 0 Å². The van der Waals surface area contributed by atoms with Gasteiger partial charge in [-0.05, 0) is 50.2 Å². The maximum Gasteiger partial charge on any atom is 0.348 e. The first-order valence-electron chi connectivity index (χ1n) is 7.35. The Hall–Kier alpha value is -1.62. The number of esters is 1. The fourth-order valence-corrected chi connectivity index (χ4v) is 4.21. The van der Waals surface area contributed by atoms with Crippen molar-refractivity contribution in [1.82, 2.24) is 0 Å². The van der Waals surface area contributed by atoms with Gasteiger partial charge in [-0.1, -0.05) is 12.2 Å². The van der Waals surface area contributed by atoms with Crippen LogP contribution in [0.2, 0.25) is 0 Å². The number of hydrogen-bond donors (Lipinski definition) is 1. The van der Waals surface area contributed by atoms with Gasteiger partial charge in [-0.2, -0.15) is 0 Å². The summed E-state index contributed by atoms with van der Waals surface area (Å²) in [6, 6.07) is 1.85. The molecule has 1 aromatic rings. The molecule has 4 nitrogen and oxygen atoms in total. The number of nitrogens with one attached hydrogen (secondary N) is 1. The van der Waals surface area contributed by atoms with E-state index in [-0.39, 0.29) is 17.8 Å². The van der Waals surface area contributed by atoms with E-state index in [9.17, 15) is 9.59 Å². The number of ether oxygens (including phenoxy) is 1. The van der Waals surface area contributed by atoms with Crippen molar-refractivity contribution in [2.45, 2.75) is 26.7 Å². The second-order valence-electron chi connectivity index (χ2n) is 5.72. The lowest BCUT2D eigenvalue weighted by Gasteiger charge is -2.16. The predicted octanol–water partition coefficient (Wildman–Crippen LogP) is 3.38. The minimum atomic E-state index is -0.316. The van der Waals surface area contributed by atoms with E-state index in [0.29, 0.717) is 23.3 Å². The third kappa shape index (κ3) is 2.75. The summed E-state index contributed by atoms with van der Waals surface area (Å²) in [5.74, 6) is 0.798. The number of carbonyl (C=O) groups is 2. The summed E-state index contributed by atoms with van der Waals surface area (Å²) in [6.45, 7) is 4.00. The number of allylic oxidation sites excluding steroid dienone is 2. The molecule has 2 aliphatic rings. The Kier molecular flexibility index (Phi) is 3.85. The molecular formula is C16H19NO3S. The van der Waals surface area contributed by atoms with Gasteiger partial charge in [0.1, 0.15) is 4.88 Å². The van der Waals surface area contributed by atoms with Gasteiger partial charge in [0.2, 0.25) is 5.91 Å². The fourth-order valence-electron chi connectivity index (χ4n) is 3.24. The van der Waals surface area contributed by atoms with Crippen LogP contribution in [-0.4, -0.2) is 18.5 Å². The number of anilines is 1. The third-order valence-corrected chi connectivity index (χ3v) is 5.37. The lowest BCUT2D eigenvalue weighted by atomic mass is 9.93. The van der Waals surface area contributed by atoms with E-state index >= 15 is 0 Å². The molecule has 1 fully saturated rings. The minimum Gasteiger partial charge on any atom is -0.462 e. The number of amides is 1. The average molecular weight is 305 g/mol. The Bertz CT molecular complexity index is 605. The largest absolute Gasteiger partial charge is 0.462 e. The fraction of sp³-hybridized carbons (Fsp3) is 0.500. The first-order chi connectivity index (χ1) is 10.1. The Morgan fingerprint density at radius 2 is 2.19 bits per heavy atom. The number of aryl methyl sites for hydroxylation is 1. The Morgan fingerprint density at radius 1 is 1.38 bits per heavy atom. The van der Waals surface area contributed by atoms with E-state index in [1.807, 2.05) is 13.0 Å². The summed E-state index contributed by atoms with van der Waals surface area (Å²) in [5.41, 5.74) is 0.849. The first-order valence-corrected chi connectivity index (χ1v) is 8.17.